The zero-order valence-electron chi connectivity index (χ0n) is 13.9. The summed E-state index contributed by atoms with van der Waals surface area (Å²) in [5, 5.41) is 0. The smallest absolute Gasteiger partial charge is 0.293 e. The predicted molar refractivity (Wildman–Crippen MR) is 85.7 cm³/mol. The van der Waals surface area contributed by atoms with E-state index >= 15 is 0 Å². The number of nitrogens with zero attached hydrogens (tertiary/aromatic N) is 2. The summed E-state index contributed by atoms with van der Waals surface area (Å²) in [6.45, 7) is 1.40. The summed E-state index contributed by atoms with van der Waals surface area (Å²) >= 11 is 0. The summed E-state index contributed by atoms with van der Waals surface area (Å²) in [6, 6.07) is -0.180. The van der Waals surface area contributed by atoms with E-state index in [0.717, 1.165) is 19.3 Å². The number of aromatic amines is 1. The van der Waals surface area contributed by atoms with E-state index in [1.165, 1.54) is 26.1 Å². The first kappa shape index (κ1) is 15.6. The summed E-state index contributed by atoms with van der Waals surface area (Å²) in [6.07, 6.45) is 6.27. The maximum atomic E-state index is 13.0. The number of H-pyrrole nitrogens is 1. The Morgan fingerprint density at radius 2 is 2.25 bits per heavy atom. The molecule has 3 aliphatic rings. The van der Waals surface area contributed by atoms with Gasteiger partial charge in [0.1, 0.15) is 11.9 Å². The van der Waals surface area contributed by atoms with Crippen LogP contribution in [0.5, 0.6) is 5.75 Å². The van der Waals surface area contributed by atoms with Crippen LogP contribution in [0.2, 0.25) is 0 Å². The van der Waals surface area contributed by atoms with Gasteiger partial charge in [-0.05, 0) is 37.5 Å². The normalized spacial score (nSPS) is 32.1. The number of ether oxygens (including phenoxy) is 2. The van der Waals surface area contributed by atoms with Gasteiger partial charge in [-0.25, -0.2) is 4.98 Å². The third-order valence-corrected chi connectivity index (χ3v) is 5.70. The van der Waals surface area contributed by atoms with E-state index in [1.54, 1.807) is 0 Å². The maximum absolute atomic E-state index is 13.0. The molecule has 1 amide bonds. The molecule has 1 saturated carbocycles. The van der Waals surface area contributed by atoms with Crippen LogP contribution < -0.4 is 10.3 Å². The van der Waals surface area contributed by atoms with Crippen molar-refractivity contribution >= 4 is 5.91 Å². The standard InChI is InChI=1S/C17H23N3O4/c1-23-13-8-18-15(19-16(13)21)12-6-3-7-20(12)17(22)14-11-5-2-4-10(11)9-24-14/h8,10-12,14H,2-7,9H2,1H3,(H,18,19,21)/t10-,11-,12?,14+/m0/s1. The minimum Gasteiger partial charge on any atom is -0.490 e. The zero-order valence-corrected chi connectivity index (χ0v) is 13.9. The highest BCUT2D eigenvalue weighted by molar-refractivity contribution is 5.82. The second kappa shape index (κ2) is 6.20. The van der Waals surface area contributed by atoms with E-state index in [0.29, 0.717) is 30.8 Å². The van der Waals surface area contributed by atoms with Crippen molar-refractivity contribution in [2.24, 2.45) is 11.8 Å². The first-order valence-electron chi connectivity index (χ1n) is 8.74. The maximum Gasteiger partial charge on any atom is 0.293 e. The molecule has 4 atom stereocenters. The van der Waals surface area contributed by atoms with E-state index in [9.17, 15) is 9.59 Å². The van der Waals surface area contributed by atoms with Crippen molar-refractivity contribution in [3.8, 4) is 5.75 Å². The summed E-state index contributed by atoms with van der Waals surface area (Å²) in [4.78, 5) is 33.9. The van der Waals surface area contributed by atoms with Gasteiger partial charge < -0.3 is 19.4 Å². The first-order valence-corrected chi connectivity index (χ1v) is 8.74. The molecule has 1 unspecified atom stereocenters. The summed E-state index contributed by atoms with van der Waals surface area (Å²) < 4.78 is 10.8. The molecule has 24 heavy (non-hydrogen) atoms. The number of methoxy groups -OCH3 is 1. The first-order chi connectivity index (χ1) is 11.7. The molecular formula is C17H23N3O4. The Morgan fingerprint density at radius 3 is 3.04 bits per heavy atom. The second-order valence-corrected chi connectivity index (χ2v) is 6.96. The number of rotatable bonds is 3. The van der Waals surface area contributed by atoms with Crippen molar-refractivity contribution in [1.29, 1.82) is 0 Å². The van der Waals surface area contributed by atoms with Gasteiger partial charge in [0.25, 0.3) is 11.5 Å². The molecule has 0 radical (unpaired) electrons. The van der Waals surface area contributed by atoms with E-state index in [1.807, 2.05) is 4.90 Å². The highest BCUT2D eigenvalue weighted by Crippen LogP contribution is 2.42. The molecule has 130 valence electrons. The number of carbonyl (C=O) groups excluding carboxylic acids is 1. The SMILES string of the molecule is COc1cnc(C2CCCN2C(=O)[C@@H]2OC[C@@H]3CCC[C@@H]32)[nH]c1=O. The lowest BCUT2D eigenvalue weighted by molar-refractivity contribution is -0.144. The Kier molecular flexibility index (Phi) is 4.04. The number of hydrogen-bond donors (Lipinski definition) is 1. The number of fused-ring (bicyclic) bond motifs is 1. The molecule has 0 spiro atoms. The highest BCUT2D eigenvalue weighted by atomic mass is 16.5. The molecule has 2 aliphatic heterocycles. The van der Waals surface area contributed by atoms with Gasteiger partial charge in [-0.1, -0.05) is 6.42 Å². The van der Waals surface area contributed by atoms with Crippen LogP contribution in [0.1, 0.15) is 44.0 Å². The molecule has 2 saturated heterocycles. The van der Waals surface area contributed by atoms with Gasteiger partial charge in [0.05, 0.1) is 26.0 Å². The number of carbonyl (C=O) groups is 1. The van der Waals surface area contributed by atoms with E-state index in [4.69, 9.17) is 9.47 Å². The summed E-state index contributed by atoms with van der Waals surface area (Å²) in [5.41, 5.74) is -0.310. The lowest BCUT2D eigenvalue weighted by Gasteiger charge is -2.28. The van der Waals surface area contributed by atoms with Crippen LogP contribution in [0.15, 0.2) is 11.0 Å². The van der Waals surface area contributed by atoms with Crippen LogP contribution in [0.3, 0.4) is 0 Å². The number of aromatic nitrogens is 2. The van der Waals surface area contributed by atoms with Gasteiger partial charge in [0.15, 0.2) is 0 Å². The van der Waals surface area contributed by atoms with Crippen molar-refractivity contribution in [1.82, 2.24) is 14.9 Å². The second-order valence-electron chi connectivity index (χ2n) is 6.96. The largest absolute Gasteiger partial charge is 0.490 e. The number of amides is 1. The van der Waals surface area contributed by atoms with Crippen molar-refractivity contribution in [2.75, 3.05) is 20.3 Å². The molecule has 3 heterocycles. The number of likely N-dealkylation sites (tertiary alicyclic amines) is 1. The van der Waals surface area contributed by atoms with Crippen LogP contribution in [-0.4, -0.2) is 47.1 Å². The fourth-order valence-corrected chi connectivity index (χ4v) is 4.47. The van der Waals surface area contributed by atoms with Gasteiger partial charge in [0.2, 0.25) is 5.75 Å². The van der Waals surface area contributed by atoms with Crippen LogP contribution in [-0.2, 0) is 9.53 Å². The minimum atomic E-state index is -0.317. The van der Waals surface area contributed by atoms with E-state index < -0.39 is 0 Å². The third kappa shape index (κ3) is 2.51. The Bertz CT molecular complexity index is 689. The highest BCUT2D eigenvalue weighted by Gasteiger charge is 2.47. The van der Waals surface area contributed by atoms with Crippen molar-refractivity contribution in [3.63, 3.8) is 0 Å². The van der Waals surface area contributed by atoms with Crippen molar-refractivity contribution in [3.05, 3.63) is 22.4 Å². The molecule has 0 aromatic carbocycles. The monoisotopic (exact) mass is 333 g/mol. The average molecular weight is 333 g/mol. The molecule has 7 nitrogen and oxygen atoms in total. The van der Waals surface area contributed by atoms with Gasteiger partial charge >= 0.3 is 0 Å². The quantitative estimate of drug-likeness (QED) is 0.900. The molecule has 1 aromatic rings. The zero-order chi connectivity index (χ0) is 16.7. The van der Waals surface area contributed by atoms with Gasteiger partial charge in [-0.2, -0.15) is 0 Å². The van der Waals surface area contributed by atoms with E-state index in [-0.39, 0.29) is 29.4 Å². The van der Waals surface area contributed by atoms with Gasteiger partial charge in [-0.15, -0.1) is 0 Å². The number of nitrogens with one attached hydrogen (secondary N) is 1. The molecule has 1 N–H and O–H groups in total. The Balaban J connectivity index is 1.55. The van der Waals surface area contributed by atoms with Crippen molar-refractivity contribution < 1.29 is 14.3 Å². The Morgan fingerprint density at radius 1 is 1.38 bits per heavy atom. The molecule has 1 aromatic heterocycles. The summed E-state index contributed by atoms with van der Waals surface area (Å²) in [5.74, 6) is 1.68. The van der Waals surface area contributed by atoms with Crippen LogP contribution in [0.25, 0.3) is 0 Å². The van der Waals surface area contributed by atoms with Gasteiger partial charge in [-0.3, -0.25) is 9.59 Å². The molecule has 7 heteroatoms. The summed E-state index contributed by atoms with van der Waals surface area (Å²) in [7, 11) is 1.44. The lowest BCUT2D eigenvalue weighted by atomic mass is 9.93. The van der Waals surface area contributed by atoms with E-state index in [2.05, 4.69) is 9.97 Å². The van der Waals surface area contributed by atoms with Crippen molar-refractivity contribution in [2.45, 2.75) is 44.2 Å². The van der Waals surface area contributed by atoms with Crippen LogP contribution in [0.4, 0.5) is 0 Å². The molecule has 3 fully saturated rings. The van der Waals surface area contributed by atoms with Gasteiger partial charge in [0, 0.05) is 6.54 Å². The molecule has 1 aliphatic carbocycles. The van der Waals surface area contributed by atoms with Crippen LogP contribution >= 0.6 is 0 Å². The molecule has 4 rings (SSSR count). The third-order valence-electron chi connectivity index (χ3n) is 5.70. The molecular weight excluding hydrogens is 310 g/mol. The topological polar surface area (TPSA) is 84.5 Å². The lowest BCUT2D eigenvalue weighted by Crippen LogP contribution is -2.42. The molecule has 0 bridgehead atoms. The Hall–Kier alpha value is -1.89. The average Bonchev–Trinajstić information content (AvgIpc) is 3.30. The fraction of sp³-hybridized carbons (Fsp3) is 0.706. The minimum absolute atomic E-state index is 0.0605. The Labute approximate surface area is 140 Å². The number of hydrogen-bond acceptors (Lipinski definition) is 5. The predicted octanol–water partition coefficient (Wildman–Crippen LogP) is 1.26. The fourth-order valence-electron chi connectivity index (χ4n) is 4.47. The van der Waals surface area contributed by atoms with Crippen LogP contribution in [0, 0.1) is 11.8 Å².